The summed E-state index contributed by atoms with van der Waals surface area (Å²) in [5.41, 5.74) is 0. The van der Waals surface area contributed by atoms with Crippen LogP contribution in [0.5, 0.6) is 0 Å². The number of primary sulfonamides is 1. The number of anilines is 1. The van der Waals surface area contributed by atoms with Gasteiger partial charge in [0.15, 0.2) is 0 Å². The van der Waals surface area contributed by atoms with Gasteiger partial charge in [0.2, 0.25) is 10.0 Å². The molecule has 6 heteroatoms. The highest BCUT2D eigenvalue weighted by atomic mass is 32.2. The van der Waals surface area contributed by atoms with E-state index in [4.69, 9.17) is 5.14 Å². The van der Waals surface area contributed by atoms with Crippen molar-refractivity contribution in [2.24, 2.45) is 11.1 Å². The molecule has 2 rings (SSSR count). The summed E-state index contributed by atoms with van der Waals surface area (Å²) in [4.78, 5) is 6.47. The van der Waals surface area contributed by atoms with Crippen molar-refractivity contribution >= 4 is 15.8 Å². The van der Waals surface area contributed by atoms with Crippen LogP contribution in [0.25, 0.3) is 0 Å². The number of rotatable bonds is 3. The maximum Gasteiger partial charge on any atom is 0.209 e. The number of nitrogens with two attached hydrogens (primary N) is 1. The van der Waals surface area contributed by atoms with Crippen LogP contribution in [0.15, 0.2) is 24.4 Å². The molecule has 0 atom stereocenters. The smallest absolute Gasteiger partial charge is 0.209 e. The molecule has 1 fully saturated rings. The van der Waals surface area contributed by atoms with E-state index in [1.807, 2.05) is 18.2 Å². The van der Waals surface area contributed by atoms with Crippen LogP contribution in [0.2, 0.25) is 0 Å². The summed E-state index contributed by atoms with van der Waals surface area (Å²) in [6.07, 6.45) is 3.48. The third-order valence-electron chi connectivity index (χ3n) is 3.06. The largest absolute Gasteiger partial charge is 0.357 e. The van der Waals surface area contributed by atoms with Crippen molar-refractivity contribution in [1.82, 2.24) is 4.98 Å². The summed E-state index contributed by atoms with van der Waals surface area (Å²) in [7, 11) is -3.34. The normalized spacial score (nSPS) is 18.3. The van der Waals surface area contributed by atoms with E-state index < -0.39 is 10.0 Å². The van der Waals surface area contributed by atoms with Crippen molar-refractivity contribution in [1.29, 1.82) is 0 Å². The Morgan fingerprint density at radius 3 is 2.59 bits per heavy atom. The standard InChI is InChI=1S/C11H17N3O2S/c12-17(15,16)9-10-4-7-14(8-5-10)11-3-1-2-6-13-11/h1-3,6,10H,4-5,7-9H2,(H2,12,15,16). The minimum atomic E-state index is -3.34. The molecular formula is C11H17N3O2S. The summed E-state index contributed by atoms with van der Waals surface area (Å²) >= 11 is 0. The molecule has 0 bridgehead atoms. The first-order chi connectivity index (χ1) is 8.04. The summed E-state index contributed by atoms with van der Waals surface area (Å²) in [5.74, 6) is 1.25. The second-order valence-electron chi connectivity index (χ2n) is 4.45. The van der Waals surface area contributed by atoms with E-state index in [0.29, 0.717) is 0 Å². The van der Waals surface area contributed by atoms with Crippen molar-refractivity contribution in [2.75, 3.05) is 23.7 Å². The Kier molecular flexibility index (Phi) is 3.63. The van der Waals surface area contributed by atoms with Gasteiger partial charge >= 0.3 is 0 Å². The fraction of sp³-hybridized carbons (Fsp3) is 0.545. The Bertz CT molecular complexity index is 453. The first-order valence-corrected chi connectivity index (χ1v) is 7.42. The zero-order chi connectivity index (χ0) is 12.3. The highest BCUT2D eigenvalue weighted by Crippen LogP contribution is 2.22. The fourth-order valence-corrected chi connectivity index (χ4v) is 3.19. The van der Waals surface area contributed by atoms with E-state index in [1.165, 1.54) is 0 Å². The number of piperidine rings is 1. The SMILES string of the molecule is NS(=O)(=O)CC1CCN(c2ccccn2)CC1. The van der Waals surface area contributed by atoms with Gasteiger partial charge in [0.1, 0.15) is 5.82 Å². The number of hydrogen-bond donors (Lipinski definition) is 1. The number of nitrogens with zero attached hydrogens (tertiary/aromatic N) is 2. The second kappa shape index (κ2) is 5.01. The molecule has 0 aliphatic carbocycles. The average Bonchev–Trinajstić information content (AvgIpc) is 2.29. The summed E-state index contributed by atoms with van der Waals surface area (Å²) < 4.78 is 22.0. The molecule has 1 aliphatic rings. The molecule has 2 heterocycles. The average molecular weight is 255 g/mol. The number of sulfonamides is 1. The predicted molar refractivity (Wildman–Crippen MR) is 67.1 cm³/mol. The van der Waals surface area contributed by atoms with Gasteiger partial charge in [0.25, 0.3) is 0 Å². The van der Waals surface area contributed by atoms with Crippen molar-refractivity contribution in [3.05, 3.63) is 24.4 Å². The van der Waals surface area contributed by atoms with E-state index in [2.05, 4.69) is 9.88 Å². The van der Waals surface area contributed by atoms with E-state index in [1.54, 1.807) is 6.20 Å². The maximum atomic E-state index is 11.0. The molecule has 0 saturated carbocycles. The highest BCUT2D eigenvalue weighted by molar-refractivity contribution is 7.89. The number of pyridine rings is 1. The van der Waals surface area contributed by atoms with Gasteiger partial charge in [-0.3, -0.25) is 0 Å². The molecular weight excluding hydrogens is 238 g/mol. The lowest BCUT2D eigenvalue weighted by atomic mass is 9.99. The van der Waals surface area contributed by atoms with Crippen LogP contribution in [-0.2, 0) is 10.0 Å². The van der Waals surface area contributed by atoms with E-state index in [0.717, 1.165) is 31.7 Å². The third kappa shape index (κ3) is 3.67. The minimum Gasteiger partial charge on any atom is -0.357 e. The Morgan fingerprint density at radius 2 is 2.06 bits per heavy atom. The maximum absolute atomic E-state index is 11.0. The molecule has 1 aromatic rings. The molecule has 0 unspecified atom stereocenters. The van der Waals surface area contributed by atoms with Crippen LogP contribution in [0, 0.1) is 5.92 Å². The van der Waals surface area contributed by atoms with Gasteiger partial charge in [-0.1, -0.05) is 6.07 Å². The fourth-order valence-electron chi connectivity index (χ4n) is 2.20. The quantitative estimate of drug-likeness (QED) is 0.857. The van der Waals surface area contributed by atoms with Gasteiger partial charge in [-0.25, -0.2) is 18.5 Å². The van der Waals surface area contributed by atoms with E-state index >= 15 is 0 Å². The topological polar surface area (TPSA) is 76.3 Å². The molecule has 2 N–H and O–H groups in total. The van der Waals surface area contributed by atoms with Crippen LogP contribution in [0.4, 0.5) is 5.82 Å². The molecule has 0 amide bonds. The van der Waals surface area contributed by atoms with Crippen LogP contribution < -0.4 is 10.0 Å². The zero-order valence-electron chi connectivity index (χ0n) is 9.62. The molecule has 1 saturated heterocycles. The monoisotopic (exact) mass is 255 g/mol. The van der Waals surface area contributed by atoms with Crippen LogP contribution in [0.1, 0.15) is 12.8 Å². The minimum absolute atomic E-state index is 0.100. The summed E-state index contributed by atoms with van der Waals surface area (Å²) in [5, 5.41) is 5.06. The van der Waals surface area contributed by atoms with Gasteiger partial charge < -0.3 is 4.90 Å². The summed E-state index contributed by atoms with van der Waals surface area (Å²) in [6, 6.07) is 5.82. The molecule has 94 valence electrons. The lowest BCUT2D eigenvalue weighted by Gasteiger charge is -2.32. The van der Waals surface area contributed by atoms with E-state index in [9.17, 15) is 8.42 Å². The molecule has 1 aromatic heterocycles. The lowest BCUT2D eigenvalue weighted by molar-refractivity contribution is 0.434. The van der Waals surface area contributed by atoms with Gasteiger partial charge in [-0.15, -0.1) is 0 Å². The van der Waals surface area contributed by atoms with E-state index in [-0.39, 0.29) is 11.7 Å². The van der Waals surface area contributed by atoms with Gasteiger partial charge in [0, 0.05) is 19.3 Å². The van der Waals surface area contributed by atoms with Gasteiger partial charge in [-0.05, 0) is 30.9 Å². The Balaban J connectivity index is 1.91. The molecule has 0 spiro atoms. The van der Waals surface area contributed by atoms with Gasteiger partial charge in [0.05, 0.1) is 5.75 Å². The number of aromatic nitrogens is 1. The first kappa shape index (κ1) is 12.3. The van der Waals surface area contributed by atoms with Crippen LogP contribution in [-0.4, -0.2) is 32.2 Å². The Labute approximate surface area is 102 Å². The highest BCUT2D eigenvalue weighted by Gasteiger charge is 2.23. The molecule has 5 nitrogen and oxygen atoms in total. The Hall–Kier alpha value is -1.14. The molecule has 0 radical (unpaired) electrons. The zero-order valence-corrected chi connectivity index (χ0v) is 10.4. The van der Waals surface area contributed by atoms with Crippen LogP contribution in [0.3, 0.4) is 0 Å². The van der Waals surface area contributed by atoms with Crippen molar-refractivity contribution in [3.8, 4) is 0 Å². The second-order valence-corrected chi connectivity index (χ2v) is 6.11. The Morgan fingerprint density at radius 1 is 1.35 bits per heavy atom. The van der Waals surface area contributed by atoms with Crippen molar-refractivity contribution < 1.29 is 8.42 Å². The molecule has 1 aliphatic heterocycles. The predicted octanol–water partition coefficient (Wildman–Crippen LogP) is 0.586. The lowest BCUT2D eigenvalue weighted by Crippen LogP contribution is -2.37. The van der Waals surface area contributed by atoms with Gasteiger partial charge in [-0.2, -0.15) is 0 Å². The third-order valence-corrected chi connectivity index (χ3v) is 3.99. The molecule has 17 heavy (non-hydrogen) atoms. The van der Waals surface area contributed by atoms with Crippen LogP contribution >= 0.6 is 0 Å². The molecule has 0 aromatic carbocycles. The summed E-state index contributed by atoms with van der Waals surface area (Å²) in [6.45, 7) is 1.69. The number of hydrogen-bond acceptors (Lipinski definition) is 4. The first-order valence-electron chi connectivity index (χ1n) is 5.71. The van der Waals surface area contributed by atoms with Crippen molar-refractivity contribution in [3.63, 3.8) is 0 Å². The van der Waals surface area contributed by atoms with Crippen molar-refractivity contribution in [2.45, 2.75) is 12.8 Å².